The van der Waals surface area contributed by atoms with Gasteiger partial charge in [0.1, 0.15) is 0 Å². The first-order chi connectivity index (χ1) is 9.90. The van der Waals surface area contributed by atoms with Gasteiger partial charge in [-0.1, -0.05) is 42.5 Å². The zero-order chi connectivity index (χ0) is 13.4. The van der Waals surface area contributed by atoms with E-state index in [9.17, 15) is 0 Å². The normalized spacial score (nSPS) is 24.2. The quantitative estimate of drug-likeness (QED) is 0.893. The summed E-state index contributed by atoms with van der Waals surface area (Å²) in [5, 5.41) is 3.89. The molecule has 4 rings (SSSR count). The molecular weight excluding hydrogens is 262 g/mol. The molecule has 2 unspecified atom stereocenters. The van der Waals surface area contributed by atoms with E-state index in [4.69, 9.17) is 0 Å². The summed E-state index contributed by atoms with van der Waals surface area (Å²) in [4.78, 5) is 1.46. The largest absolute Gasteiger partial charge is 0.306 e. The molecule has 1 N–H and O–H groups in total. The smallest absolute Gasteiger partial charge is 0.0428 e. The summed E-state index contributed by atoms with van der Waals surface area (Å²) in [7, 11) is 0. The Balaban J connectivity index is 1.49. The minimum absolute atomic E-state index is 0.534. The molecule has 0 saturated heterocycles. The maximum Gasteiger partial charge on any atom is 0.0428 e. The van der Waals surface area contributed by atoms with E-state index in [-0.39, 0.29) is 0 Å². The van der Waals surface area contributed by atoms with Crippen LogP contribution in [0.4, 0.5) is 0 Å². The molecule has 0 amide bonds. The van der Waals surface area contributed by atoms with E-state index in [0.29, 0.717) is 12.1 Å². The van der Waals surface area contributed by atoms with Crippen LogP contribution in [0.5, 0.6) is 0 Å². The Hall–Kier alpha value is -1.25. The van der Waals surface area contributed by atoms with Gasteiger partial charge in [-0.05, 0) is 42.0 Å². The Morgan fingerprint density at radius 2 is 1.75 bits per heavy atom. The molecular formula is C18H19NS. The molecule has 2 aromatic rings. The van der Waals surface area contributed by atoms with Gasteiger partial charge in [-0.25, -0.2) is 0 Å². The maximum atomic E-state index is 3.89. The highest BCUT2D eigenvalue weighted by Gasteiger charge is 2.26. The second kappa shape index (κ2) is 5.27. The van der Waals surface area contributed by atoms with Crippen LogP contribution in [0.1, 0.15) is 29.2 Å². The van der Waals surface area contributed by atoms with Crippen LogP contribution in [0.2, 0.25) is 0 Å². The van der Waals surface area contributed by atoms with Crippen LogP contribution >= 0.6 is 11.8 Å². The van der Waals surface area contributed by atoms with E-state index >= 15 is 0 Å². The monoisotopic (exact) mass is 281 g/mol. The summed E-state index contributed by atoms with van der Waals surface area (Å²) in [5.74, 6) is 1.18. The number of hydrogen-bond acceptors (Lipinski definition) is 2. The van der Waals surface area contributed by atoms with Crippen LogP contribution in [0, 0.1) is 0 Å². The average Bonchev–Trinajstić information content (AvgIpc) is 2.91. The third kappa shape index (κ3) is 2.27. The molecule has 0 spiro atoms. The van der Waals surface area contributed by atoms with E-state index in [2.05, 4.69) is 53.8 Å². The summed E-state index contributed by atoms with van der Waals surface area (Å²) in [5.41, 5.74) is 4.58. The van der Waals surface area contributed by atoms with Crippen LogP contribution in [-0.4, -0.2) is 11.8 Å². The van der Waals surface area contributed by atoms with Crippen LogP contribution < -0.4 is 5.32 Å². The van der Waals surface area contributed by atoms with Gasteiger partial charge in [-0.15, -0.1) is 11.8 Å². The van der Waals surface area contributed by atoms with Gasteiger partial charge in [-0.3, -0.25) is 0 Å². The van der Waals surface area contributed by atoms with Crippen molar-refractivity contribution in [1.29, 1.82) is 0 Å². The number of aryl methyl sites for hydroxylation is 1. The average molecular weight is 281 g/mol. The summed E-state index contributed by atoms with van der Waals surface area (Å²) >= 11 is 1.99. The number of hydrogen-bond donors (Lipinski definition) is 1. The lowest BCUT2D eigenvalue weighted by Gasteiger charge is -2.28. The molecule has 2 heteroatoms. The number of benzene rings is 2. The lowest BCUT2D eigenvalue weighted by molar-refractivity contribution is 0.417. The topological polar surface area (TPSA) is 12.0 Å². The van der Waals surface area contributed by atoms with Crippen molar-refractivity contribution in [1.82, 2.24) is 5.32 Å². The first kappa shape index (κ1) is 12.5. The molecule has 1 aliphatic carbocycles. The molecule has 102 valence electrons. The first-order valence-corrected chi connectivity index (χ1v) is 8.43. The van der Waals surface area contributed by atoms with Crippen molar-refractivity contribution in [3.8, 4) is 0 Å². The van der Waals surface area contributed by atoms with Gasteiger partial charge in [-0.2, -0.15) is 0 Å². The standard InChI is InChI=1S/C18H19NS/c1-2-6-14-11-15(10-9-13(14)5-1)19-17-12-20-18-8-4-3-7-16(17)18/h1-8,15,17,19H,9-12H2. The number of fused-ring (bicyclic) bond motifs is 2. The highest BCUT2D eigenvalue weighted by atomic mass is 32.2. The highest BCUT2D eigenvalue weighted by molar-refractivity contribution is 7.99. The lowest BCUT2D eigenvalue weighted by atomic mass is 9.88. The molecule has 1 nitrogen and oxygen atoms in total. The summed E-state index contributed by atoms with van der Waals surface area (Å²) in [6, 6.07) is 18.9. The van der Waals surface area contributed by atoms with E-state index in [1.54, 1.807) is 5.56 Å². The molecule has 0 fully saturated rings. The summed E-state index contributed by atoms with van der Waals surface area (Å²) < 4.78 is 0. The van der Waals surface area contributed by atoms with Gasteiger partial charge in [0.15, 0.2) is 0 Å². The minimum Gasteiger partial charge on any atom is -0.306 e. The highest BCUT2D eigenvalue weighted by Crippen LogP contribution is 2.38. The summed E-state index contributed by atoms with van der Waals surface area (Å²) in [6.45, 7) is 0. The van der Waals surface area contributed by atoms with Crippen LogP contribution in [0.3, 0.4) is 0 Å². The van der Waals surface area contributed by atoms with E-state index in [1.165, 1.54) is 41.0 Å². The predicted octanol–water partition coefficient (Wildman–Crippen LogP) is 3.98. The molecule has 0 radical (unpaired) electrons. The van der Waals surface area contributed by atoms with Crippen molar-refractivity contribution < 1.29 is 0 Å². The predicted molar refractivity (Wildman–Crippen MR) is 85.3 cm³/mol. The Labute approximate surface area is 124 Å². The Kier molecular flexibility index (Phi) is 3.29. The number of thioether (sulfide) groups is 1. The molecule has 2 aliphatic rings. The fraction of sp³-hybridized carbons (Fsp3) is 0.333. The minimum atomic E-state index is 0.534. The van der Waals surface area contributed by atoms with Gasteiger partial charge in [0.25, 0.3) is 0 Å². The zero-order valence-corrected chi connectivity index (χ0v) is 12.3. The second-order valence-corrected chi connectivity index (χ2v) is 6.84. The van der Waals surface area contributed by atoms with Crippen molar-refractivity contribution in [2.45, 2.75) is 36.2 Å². The number of nitrogens with one attached hydrogen (secondary N) is 1. The van der Waals surface area contributed by atoms with Crippen molar-refractivity contribution in [3.05, 3.63) is 65.2 Å². The van der Waals surface area contributed by atoms with Crippen molar-refractivity contribution >= 4 is 11.8 Å². The molecule has 1 aliphatic heterocycles. The van der Waals surface area contributed by atoms with Crippen LogP contribution in [0.25, 0.3) is 0 Å². The molecule has 20 heavy (non-hydrogen) atoms. The van der Waals surface area contributed by atoms with E-state index in [0.717, 1.165) is 0 Å². The Morgan fingerprint density at radius 3 is 2.70 bits per heavy atom. The summed E-state index contributed by atoms with van der Waals surface area (Å²) in [6.07, 6.45) is 3.66. The molecule has 2 aromatic carbocycles. The fourth-order valence-corrected chi connectivity index (χ4v) is 4.60. The molecule has 2 atom stereocenters. The molecule has 0 saturated carbocycles. The van der Waals surface area contributed by atoms with Crippen LogP contribution in [0.15, 0.2) is 53.4 Å². The first-order valence-electron chi connectivity index (χ1n) is 7.45. The van der Waals surface area contributed by atoms with Crippen molar-refractivity contribution in [3.63, 3.8) is 0 Å². The fourth-order valence-electron chi connectivity index (χ4n) is 3.43. The Bertz CT molecular complexity index is 622. The van der Waals surface area contributed by atoms with Gasteiger partial charge in [0, 0.05) is 22.7 Å². The SMILES string of the molecule is c1ccc2c(c1)CCC(NC1CSc3ccccc31)C2. The lowest BCUT2D eigenvalue weighted by Crippen LogP contribution is -2.37. The van der Waals surface area contributed by atoms with Crippen molar-refractivity contribution in [2.24, 2.45) is 0 Å². The zero-order valence-electron chi connectivity index (χ0n) is 11.5. The number of rotatable bonds is 2. The molecule has 0 aromatic heterocycles. The second-order valence-electron chi connectivity index (χ2n) is 5.78. The maximum absolute atomic E-state index is 3.89. The van der Waals surface area contributed by atoms with Gasteiger partial charge < -0.3 is 5.32 Å². The molecule has 1 heterocycles. The third-order valence-electron chi connectivity index (χ3n) is 4.48. The third-order valence-corrected chi connectivity index (χ3v) is 5.67. The van der Waals surface area contributed by atoms with Crippen LogP contribution in [-0.2, 0) is 12.8 Å². The van der Waals surface area contributed by atoms with Gasteiger partial charge in [0.2, 0.25) is 0 Å². The van der Waals surface area contributed by atoms with Crippen molar-refractivity contribution in [2.75, 3.05) is 5.75 Å². The van der Waals surface area contributed by atoms with E-state index in [1.807, 2.05) is 11.8 Å². The molecule has 0 bridgehead atoms. The van der Waals surface area contributed by atoms with Gasteiger partial charge in [0.05, 0.1) is 0 Å². The van der Waals surface area contributed by atoms with E-state index < -0.39 is 0 Å². The van der Waals surface area contributed by atoms with Gasteiger partial charge >= 0.3 is 0 Å². The Morgan fingerprint density at radius 1 is 0.950 bits per heavy atom.